The van der Waals surface area contributed by atoms with E-state index in [0.29, 0.717) is 6.42 Å². The summed E-state index contributed by atoms with van der Waals surface area (Å²) in [7, 11) is 0. The highest BCUT2D eigenvalue weighted by Crippen LogP contribution is 2.23. The van der Waals surface area contributed by atoms with Crippen molar-refractivity contribution in [2.75, 3.05) is 36.4 Å². The Bertz CT molecular complexity index is 990. The molecule has 2 aromatic carbocycles. The van der Waals surface area contributed by atoms with Gasteiger partial charge < -0.3 is 15.1 Å². The Morgan fingerprint density at radius 1 is 1.10 bits per heavy atom. The molecule has 0 saturated carbocycles. The zero-order valence-corrected chi connectivity index (χ0v) is 18.4. The normalized spacial score (nSPS) is 14.1. The molecule has 0 bridgehead atoms. The second-order valence-electron chi connectivity index (χ2n) is 7.70. The number of hydrogen-bond donors (Lipinski definition) is 1. The minimum atomic E-state index is 0.156. The maximum Gasteiger partial charge on any atom is 0.228 e. The van der Waals surface area contributed by atoms with Crippen LogP contribution in [0.2, 0.25) is 0 Å². The molecule has 3 aromatic rings. The monoisotopic (exact) mass is 420 g/mol. The average molecular weight is 421 g/mol. The van der Waals surface area contributed by atoms with Gasteiger partial charge in [0.25, 0.3) is 0 Å². The number of benzene rings is 2. The first kappa shape index (κ1) is 20.4. The molecule has 1 fully saturated rings. The van der Waals surface area contributed by atoms with Crippen LogP contribution in [0.15, 0.2) is 53.9 Å². The molecule has 0 atom stereocenters. The van der Waals surface area contributed by atoms with E-state index in [1.165, 1.54) is 16.8 Å². The number of aryl methyl sites for hydroxylation is 2. The molecule has 1 aliphatic heterocycles. The fourth-order valence-electron chi connectivity index (χ4n) is 3.70. The molecule has 4 rings (SSSR count). The van der Waals surface area contributed by atoms with Gasteiger partial charge in [-0.25, -0.2) is 4.98 Å². The van der Waals surface area contributed by atoms with Gasteiger partial charge in [0.15, 0.2) is 5.13 Å². The van der Waals surface area contributed by atoms with E-state index >= 15 is 0 Å². The zero-order valence-electron chi connectivity index (χ0n) is 17.6. The van der Waals surface area contributed by atoms with Gasteiger partial charge in [-0.05, 0) is 48.7 Å². The van der Waals surface area contributed by atoms with Crippen molar-refractivity contribution in [3.8, 4) is 0 Å². The first-order valence-electron chi connectivity index (χ1n) is 10.5. The van der Waals surface area contributed by atoms with Crippen LogP contribution in [-0.2, 0) is 17.6 Å². The topological polar surface area (TPSA) is 48.5 Å². The summed E-state index contributed by atoms with van der Waals surface area (Å²) in [6.07, 6.45) is 1.39. The molecule has 0 radical (unpaired) electrons. The molecule has 1 saturated heterocycles. The molecule has 0 spiro atoms. The summed E-state index contributed by atoms with van der Waals surface area (Å²) < 4.78 is 0. The van der Waals surface area contributed by atoms with Gasteiger partial charge in [-0.1, -0.05) is 31.2 Å². The number of nitrogens with zero attached hydrogens (tertiary/aromatic N) is 3. The number of amides is 1. The molecular formula is C24H28N4OS. The first-order valence-corrected chi connectivity index (χ1v) is 11.4. The molecule has 1 aromatic heterocycles. The Kier molecular flexibility index (Phi) is 6.33. The van der Waals surface area contributed by atoms with E-state index in [0.717, 1.165) is 49.1 Å². The predicted octanol–water partition coefficient (Wildman–Crippen LogP) is 4.65. The third-order valence-electron chi connectivity index (χ3n) is 5.50. The zero-order chi connectivity index (χ0) is 20.9. The first-order chi connectivity index (χ1) is 14.6. The highest BCUT2D eigenvalue weighted by Gasteiger charge is 2.22. The summed E-state index contributed by atoms with van der Waals surface area (Å²) in [4.78, 5) is 21.7. The number of carbonyl (C=O) groups excluding carboxylic acids is 1. The van der Waals surface area contributed by atoms with Crippen LogP contribution in [-0.4, -0.2) is 42.0 Å². The number of piperazine rings is 1. The quantitative estimate of drug-likeness (QED) is 0.631. The number of hydrogen-bond acceptors (Lipinski definition) is 5. The van der Waals surface area contributed by atoms with Crippen molar-refractivity contribution in [1.29, 1.82) is 0 Å². The molecule has 156 valence electrons. The van der Waals surface area contributed by atoms with Crippen LogP contribution in [0, 0.1) is 6.92 Å². The van der Waals surface area contributed by atoms with Gasteiger partial charge >= 0.3 is 0 Å². The highest BCUT2D eigenvalue weighted by molar-refractivity contribution is 7.13. The van der Waals surface area contributed by atoms with E-state index in [2.05, 4.69) is 77.6 Å². The third kappa shape index (κ3) is 5.00. The third-order valence-corrected chi connectivity index (χ3v) is 6.30. The van der Waals surface area contributed by atoms with E-state index in [-0.39, 0.29) is 5.91 Å². The Labute approximate surface area is 182 Å². The molecule has 1 N–H and O–H groups in total. The summed E-state index contributed by atoms with van der Waals surface area (Å²) >= 11 is 1.54. The lowest BCUT2D eigenvalue weighted by atomic mass is 10.1. The molecule has 30 heavy (non-hydrogen) atoms. The van der Waals surface area contributed by atoms with Crippen LogP contribution in [0.5, 0.6) is 0 Å². The van der Waals surface area contributed by atoms with Crippen molar-refractivity contribution in [3.05, 3.63) is 70.7 Å². The van der Waals surface area contributed by atoms with Gasteiger partial charge in [0, 0.05) is 42.9 Å². The molecule has 0 aliphatic carbocycles. The van der Waals surface area contributed by atoms with E-state index in [9.17, 15) is 4.79 Å². The summed E-state index contributed by atoms with van der Waals surface area (Å²) in [5.41, 5.74) is 5.67. The van der Waals surface area contributed by atoms with Crippen molar-refractivity contribution < 1.29 is 4.79 Å². The number of rotatable bonds is 6. The van der Waals surface area contributed by atoms with Crippen molar-refractivity contribution in [3.63, 3.8) is 0 Å². The number of nitrogens with one attached hydrogen (secondary N) is 1. The SMILES string of the molecule is CCc1ccc(Nc2nc(CC(=O)N3CCN(c4cccc(C)c4)CC3)cs2)cc1. The summed E-state index contributed by atoms with van der Waals surface area (Å²) in [5, 5.41) is 6.13. The second kappa shape index (κ2) is 9.30. The van der Waals surface area contributed by atoms with Crippen LogP contribution >= 0.6 is 11.3 Å². The maximum absolute atomic E-state index is 12.8. The van der Waals surface area contributed by atoms with E-state index in [1.807, 2.05) is 10.3 Å². The number of aromatic nitrogens is 1. The molecular weight excluding hydrogens is 392 g/mol. The lowest BCUT2D eigenvalue weighted by Crippen LogP contribution is -2.49. The minimum absolute atomic E-state index is 0.156. The van der Waals surface area contributed by atoms with Crippen molar-refractivity contribution in [2.45, 2.75) is 26.7 Å². The lowest BCUT2D eigenvalue weighted by molar-refractivity contribution is -0.130. The lowest BCUT2D eigenvalue weighted by Gasteiger charge is -2.36. The van der Waals surface area contributed by atoms with Gasteiger partial charge in [-0.2, -0.15) is 0 Å². The fourth-order valence-corrected chi connectivity index (χ4v) is 4.43. The molecule has 2 heterocycles. The second-order valence-corrected chi connectivity index (χ2v) is 8.56. The highest BCUT2D eigenvalue weighted by atomic mass is 32.1. The van der Waals surface area contributed by atoms with E-state index in [4.69, 9.17) is 0 Å². The molecule has 1 amide bonds. The molecule has 5 nitrogen and oxygen atoms in total. The Morgan fingerprint density at radius 3 is 2.57 bits per heavy atom. The van der Waals surface area contributed by atoms with Crippen LogP contribution in [0.1, 0.15) is 23.7 Å². The Morgan fingerprint density at radius 2 is 1.87 bits per heavy atom. The fraction of sp³-hybridized carbons (Fsp3) is 0.333. The number of anilines is 3. The minimum Gasteiger partial charge on any atom is -0.368 e. The van der Waals surface area contributed by atoms with Crippen molar-refractivity contribution in [2.24, 2.45) is 0 Å². The molecule has 1 aliphatic rings. The summed E-state index contributed by atoms with van der Waals surface area (Å²) in [5.74, 6) is 0.156. The van der Waals surface area contributed by atoms with E-state index < -0.39 is 0 Å². The van der Waals surface area contributed by atoms with Crippen molar-refractivity contribution >= 4 is 33.8 Å². The summed E-state index contributed by atoms with van der Waals surface area (Å²) in [6, 6.07) is 16.9. The number of carbonyl (C=O) groups is 1. The van der Waals surface area contributed by atoms with Gasteiger partial charge in [-0.3, -0.25) is 4.79 Å². The smallest absolute Gasteiger partial charge is 0.228 e. The largest absolute Gasteiger partial charge is 0.368 e. The standard InChI is InChI=1S/C24H28N4OS/c1-3-19-7-9-20(10-8-19)25-24-26-21(17-30-24)16-23(29)28-13-11-27(12-14-28)22-6-4-5-18(2)15-22/h4-10,15,17H,3,11-14,16H2,1-2H3,(H,25,26). The van der Waals surface area contributed by atoms with Gasteiger partial charge in [0.05, 0.1) is 12.1 Å². The average Bonchev–Trinajstić information content (AvgIpc) is 3.21. The maximum atomic E-state index is 12.8. The van der Waals surface area contributed by atoms with Crippen LogP contribution < -0.4 is 10.2 Å². The Balaban J connectivity index is 1.29. The predicted molar refractivity (Wildman–Crippen MR) is 125 cm³/mol. The van der Waals surface area contributed by atoms with Gasteiger partial charge in [0.1, 0.15) is 0 Å². The van der Waals surface area contributed by atoms with Crippen LogP contribution in [0.4, 0.5) is 16.5 Å². The molecule has 6 heteroatoms. The van der Waals surface area contributed by atoms with E-state index in [1.54, 1.807) is 11.3 Å². The van der Waals surface area contributed by atoms with Crippen LogP contribution in [0.25, 0.3) is 0 Å². The van der Waals surface area contributed by atoms with Gasteiger partial charge in [0.2, 0.25) is 5.91 Å². The summed E-state index contributed by atoms with van der Waals surface area (Å²) in [6.45, 7) is 7.51. The number of thiazole rings is 1. The van der Waals surface area contributed by atoms with Crippen molar-refractivity contribution in [1.82, 2.24) is 9.88 Å². The van der Waals surface area contributed by atoms with Gasteiger partial charge in [-0.15, -0.1) is 11.3 Å². The van der Waals surface area contributed by atoms with Crippen LogP contribution in [0.3, 0.4) is 0 Å². The Hall–Kier alpha value is -2.86. The molecule has 0 unspecified atom stereocenters.